The maximum atomic E-state index is 13.5. The van der Waals surface area contributed by atoms with E-state index < -0.39 is 44.8 Å². The van der Waals surface area contributed by atoms with E-state index in [1.54, 1.807) is 0 Å². The van der Waals surface area contributed by atoms with Crippen LogP contribution < -0.4 is 5.32 Å². The van der Waals surface area contributed by atoms with Crippen molar-refractivity contribution >= 4 is 15.9 Å². The van der Waals surface area contributed by atoms with Crippen LogP contribution in [-0.2, 0) is 14.8 Å². The molecule has 0 aliphatic carbocycles. The molecule has 0 bridgehead atoms. The van der Waals surface area contributed by atoms with Crippen LogP contribution in [0.4, 0.5) is 13.2 Å². The van der Waals surface area contributed by atoms with Crippen LogP contribution in [0, 0.1) is 17.5 Å². The molecule has 1 aromatic rings. The van der Waals surface area contributed by atoms with Gasteiger partial charge in [-0.05, 0) is 12.1 Å². The Morgan fingerprint density at radius 1 is 1.16 bits per heavy atom. The van der Waals surface area contributed by atoms with Crippen molar-refractivity contribution < 1.29 is 26.4 Å². The lowest BCUT2D eigenvalue weighted by molar-refractivity contribution is -0.122. The topological polar surface area (TPSA) is 66.5 Å². The summed E-state index contributed by atoms with van der Waals surface area (Å²) in [6, 6.07) is 1.16. The molecular weight excluding hydrogens is 285 g/mol. The summed E-state index contributed by atoms with van der Waals surface area (Å²) in [6.45, 7) is -0.476. The van der Waals surface area contributed by atoms with Crippen molar-refractivity contribution in [1.82, 2.24) is 9.62 Å². The first-order valence-electron chi connectivity index (χ1n) is 5.24. The molecule has 2 rings (SSSR count). The van der Waals surface area contributed by atoms with E-state index in [-0.39, 0.29) is 13.1 Å². The molecule has 1 N–H and O–H groups in total. The lowest BCUT2D eigenvalue weighted by Gasteiger charge is -2.26. The Labute approximate surface area is 107 Å². The minimum absolute atomic E-state index is 0.0630. The third kappa shape index (κ3) is 2.43. The lowest BCUT2D eigenvalue weighted by atomic mass is 10.3. The first-order valence-corrected chi connectivity index (χ1v) is 6.68. The van der Waals surface area contributed by atoms with Crippen molar-refractivity contribution in [3.8, 4) is 0 Å². The third-order valence-corrected chi connectivity index (χ3v) is 4.48. The van der Waals surface area contributed by atoms with Crippen molar-refractivity contribution in [2.24, 2.45) is 0 Å². The number of carbonyl (C=O) groups is 1. The van der Waals surface area contributed by atoms with Crippen LogP contribution >= 0.6 is 0 Å². The Morgan fingerprint density at radius 2 is 1.84 bits per heavy atom. The number of halogens is 3. The molecular formula is C10H9F3N2O3S. The fourth-order valence-corrected chi connectivity index (χ4v) is 3.12. The van der Waals surface area contributed by atoms with Gasteiger partial charge in [0.2, 0.25) is 15.9 Å². The second-order valence-corrected chi connectivity index (χ2v) is 5.77. The summed E-state index contributed by atoms with van der Waals surface area (Å²) in [7, 11) is -4.37. The number of nitrogens with zero attached hydrogens (tertiary/aromatic N) is 1. The Balaban J connectivity index is 2.45. The molecule has 0 aromatic heterocycles. The van der Waals surface area contributed by atoms with Crippen molar-refractivity contribution in [3.05, 3.63) is 29.6 Å². The SMILES string of the molecule is O=C1CN(S(=O)(=O)c2ccc(F)c(F)c2F)CCN1. The largest absolute Gasteiger partial charge is 0.354 e. The van der Waals surface area contributed by atoms with Gasteiger partial charge in [-0.2, -0.15) is 4.31 Å². The quantitative estimate of drug-likeness (QED) is 0.794. The minimum atomic E-state index is -4.37. The van der Waals surface area contributed by atoms with E-state index in [0.29, 0.717) is 16.4 Å². The summed E-state index contributed by atoms with van der Waals surface area (Å²) in [5, 5.41) is 2.40. The molecule has 1 fully saturated rings. The Hall–Kier alpha value is -1.61. The summed E-state index contributed by atoms with van der Waals surface area (Å²) in [5.74, 6) is -5.67. The fraction of sp³-hybridized carbons (Fsp3) is 0.300. The molecule has 104 valence electrons. The second-order valence-electron chi connectivity index (χ2n) is 3.86. The second kappa shape index (κ2) is 4.82. The van der Waals surface area contributed by atoms with Gasteiger partial charge in [-0.25, -0.2) is 21.6 Å². The standard InChI is InChI=1S/C10H9F3N2O3S/c11-6-1-2-7(10(13)9(6)12)19(17,18)15-4-3-14-8(16)5-15/h1-2H,3-5H2,(H,14,16). The summed E-state index contributed by atoms with van der Waals surface area (Å²) in [5.41, 5.74) is 0. The van der Waals surface area contributed by atoms with Gasteiger partial charge in [0, 0.05) is 13.1 Å². The van der Waals surface area contributed by atoms with Gasteiger partial charge < -0.3 is 5.32 Å². The van der Waals surface area contributed by atoms with Gasteiger partial charge in [-0.1, -0.05) is 0 Å². The highest BCUT2D eigenvalue weighted by Gasteiger charge is 2.32. The first kappa shape index (κ1) is 13.8. The molecule has 9 heteroatoms. The van der Waals surface area contributed by atoms with Crippen LogP contribution in [0.2, 0.25) is 0 Å². The highest BCUT2D eigenvalue weighted by atomic mass is 32.2. The summed E-state index contributed by atoms with van der Waals surface area (Å²) in [6.07, 6.45) is 0. The molecule has 0 radical (unpaired) electrons. The summed E-state index contributed by atoms with van der Waals surface area (Å²) in [4.78, 5) is 10.1. The highest BCUT2D eigenvalue weighted by Crippen LogP contribution is 2.23. The number of piperazine rings is 1. The van der Waals surface area contributed by atoms with Crippen molar-refractivity contribution in [2.45, 2.75) is 4.90 Å². The van der Waals surface area contributed by atoms with Gasteiger partial charge in [0.15, 0.2) is 17.5 Å². The van der Waals surface area contributed by atoms with Crippen molar-refractivity contribution in [3.63, 3.8) is 0 Å². The van der Waals surface area contributed by atoms with Crippen LogP contribution in [-0.4, -0.2) is 38.3 Å². The smallest absolute Gasteiger partial charge is 0.246 e. The third-order valence-electron chi connectivity index (χ3n) is 2.62. The number of hydrogen-bond donors (Lipinski definition) is 1. The highest BCUT2D eigenvalue weighted by molar-refractivity contribution is 7.89. The van der Waals surface area contributed by atoms with E-state index in [1.165, 1.54) is 0 Å². The van der Waals surface area contributed by atoms with Crippen LogP contribution in [0.25, 0.3) is 0 Å². The molecule has 1 saturated heterocycles. The van der Waals surface area contributed by atoms with Gasteiger partial charge >= 0.3 is 0 Å². The fourth-order valence-electron chi connectivity index (χ4n) is 1.67. The van der Waals surface area contributed by atoms with Crippen LogP contribution in [0.3, 0.4) is 0 Å². The van der Waals surface area contributed by atoms with E-state index in [0.717, 1.165) is 0 Å². The van der Waals surface area contributed by atoms with Gasteiger partial charge in [0.05, 0.1) is 6.54 Å². The first-order chi connectivity index (χ1) is 8.84. The zero-order valence-corrected chi connectivity index (χ0v) is 10.3. The number of sulfonamides is 1. The summed E-state index contributed by atoms with van der Waals surface area (Å²) < 4.78 is 64.1. The number of hydrogen-bond acceptors (Lipinski definition) is 3. The van der Waals surface area contributed by atoms with Crippen LogP contribution in [0.5, 0.6) is 0 Å². The van der Waals surface area contributed by atoms with E-state index >= 15 is 0 Å². The molecule has 1 aromatic carbocycles. The lowest BCUT2D eigenvalue weighted by Crippen LogP contribution is -2.50. The molecule has 0 spiro atoms. The number of nitrogens with one attached hydrogen (secondary N) is 1. The van der Waals surface area contributed by atoms with E-state index in [9.17, 15) is 26.4 Å². The minimum Gasteiger partial charge on any atom is -0.354 e. The average molecular weight is 294 g/mol. The van der Waals surface area contributed by atoms with Gasteiger partial charge in [0.25, 0.3) is 0 Å². The molecule has 0 saturated carbocycles. The van der Waals surface area contributed by atoms with E-state index in [2.05, 4.69) is 5.32 Å². The molecule has 1 amide bonds. The molecule has 1 aliphatic heterocycles. The van der Waals surface area contributed by atoms with Crippen molar-refractivity contribution in [2.75, 3.05) is 19.6 Å². The Kier molecular flexibility index (Phi) is 3.50. The van der Waals surface area contributed by atoms with E-state index in [4.69, 9.17) is 0 Å². The maximum Gasteiger partial charge on any atom is 0.246 e. The molecule has 5 nitrogen and oxygen atoms in total. The molecule has 0 unspecified atom stereocenters. The van der Waals surface area contributed by atoms with Crippen molar-refractivity contribution in [1.29, 1.82) is 0 Å². The number of rotatable bonds is 2. The van der Waals surface area contributed by atoms with Crippen LogP contribution in [0.15, 0.2) is 17.0 Å². The van der Waals surface area contributed by atoms with E-state index in [1.807, 2.05) is 0 Å². The number of carbonyl (C=O) groups excluding carboxylic acids is 1. The average Bonchev–Trinajstić information content (AvgIpc) is 2.36. The summed E-state index contributed by atoms with van der Waals surface area (Å²) >= 11 is 0. The molecule has 1 heterocycles. The molecule has 1 aliphatic rings. The Bertz CT molecular complexity index is 633. The normalized spacial score (nSPS) is 17.3. The number of amides is 1. The zero-order valence-electron chi connectivity index (χ0n) is 9.49. The van der Waals surface area contributed by atoms with Gasteiger partial charge in [0.1, 0.15) is 4.90 Å². The molecule has 19 heavy (non-hydrogen) atoms. The van der Waals surface area contributed by atoms with Gasteiger partial charge in [-0.3, -0.25) is 4.79 Å². The number of benzene rings is 1. The predicted molar refractivity (Wildman–Crippen MR) is 58.1 cm³/mol. The maximum absolute atomic E-state index is 13.5. The van der Waals surface area contributed by atoms with Crippen LogP contribution in [0.1, 0.15) is 0 Å². The zero-order chi connectivity index (χ0) is 14.2. The van der Waals surface area contributed by atoms with Gasteiger partial charge in [-0.15, -0.1) is 0 Å². The molecule has 0 atom stereocenters. The monoisotopic (exact) mass is 294 g/mol. The predicted octanol–water partition coefficient (Wildman–Crippen LogP) is 0.224. The Morgan fingerprint density at radius 3 is 2.47 bits per heavy atom.